The summed E-state index contributed by atoms with van der Waals surface area (Å²) in [5, 5.41) is 6.06. The van der Waals surface area contributed by atoms with Crippen LogP contribution >= 0.6 is 0 Å². The van der Waals surface area contributed by atoms with Gasteiger partial charge in [0.25, 0.3) is 0 Å². The number of pyridine rings is 1. The lowest BCUT2D eigenvalue weighted by Gasteiger charge is -2.19. The van der Waals surface area contributed by atoms with Gasteiger partial charge in [0, 0.05) is 35.1 Å². The molecular formula is C30H25F2N3O5. The van der Waals surface area contributed by atoms with Crippen LogP contribution in [0.5, 0.6) is 23.0 Å². The molecular weight excluding hydrogens is 520 g/mol. The average Bonchev–Trinajstić information content (AvgIpc) is 3.52. The van der Waals surface area contributed by atoms with Crippen molar-refractivity contribution < 1.29 is 32.6 Å². The minimum absolute atomic E-state index is 0.0382. The van der Waals surface area contributed by atoms with Crippen LogP contribution in [0, 0.1) is 28.9 Å². The Morgan fingerprint density at radius 1 is 0.850 bits per heavy atom. The highest BCUT2D eigenvalue weighted by Gasteiger charge is 2.65. The molecule has 10 heteroatoms. The Balaban J connectivity index is 1.14. The Morgan fingerprint density at radius 2 is 1.48 bits per heavy atom. The molecule has 0 bridgehead atoms. The number of hydrogen-bond acceptors (Lipinski definition) is 6. The largest absolute Gasteiger partial charge is 0.486 e. The van der Waals surface area contributed by atoms with Crippen molar-refractivity contribution in [2.75, 3.05) is 23.8 Å². The third-order valence-corrected chi connectivity index (χ3v) is 7.29. The van der Waals surface area contributed by atoms with Gasteiger partial charge >= 0.3 is 0 Å². The van der Waals surface area contributed by atoms with E-state index in [2.05, 4.69) is 15.6 Å². The van der Waals surface area contributed by atoms with E-state index in [1.807, 2.05) is 13.8 Å². The molecule has 3 aromatic carbocycles. The number of nitrogens with one attached hydrogen (secondary N) is 2. The predicted octanol–water partition coefficient (Wildman–Crippen LogP) is 5.93. The lowest BCUT2D eigenvalue weighted by molar-refractivity contribution is -0.122. The zero-order valence-corrected chi connectivity index (χ0v) is 21.7. The molecule has 0 saturated heterocycles. The van der Waals surface area contributed by atoms with E-state index in [-0.39, 0.29) is 17.3 Å². The number of rotatable bonds is 6. The summed E-state index contributed by atoms with van der Waals surface area (Å²) in [5.41, 5.74) is 0.672. The fourth-order valence-electron chi connectivity index (χ4n) is 5.12. The van der Waals surface area contributed by atoms with Crippen molar-refractivity contribution in [3.63, 3.8) is 0 Å². The molecule has 2 amide bonds. The van der Waals surface area contributed by atoms with E-state index in [9.17, 15) is 14.0 Å². The van der Waals surface area contributed by atoms with E-state index in [1.165, 1.54) is 42.5 Å². The Morgan fingerprint density at radius 3 is 2.15 bits per heavy atom. The van der Waals surface area contributed by atoms with Gasteiger partial charge in [0.05, 0.1) is 17.4 Å². The minimum Gasteiger partial charge on any atom is -0.486 e. The first-order valence-corrected chi connectivity index (χ1v) is 12.7. The third kappa shape index (κ3) is 4.76. The van der Waals surface area contributed by atoms with E-state index < -0.39 is 34.8 Å². The van der Waals surface area contributed by atoms with Crippen LogP contribution in [0.3, 0.4) is 0 Å². The van der Waals surface area contributed by atoms with Gasteiger partial charge in [-0.15, -0.1) is 0 Å². The van der Waals surface area contributed by atoms with Crippen LogP contribution in [0.4, 0.5) is 20.2 Å². The van der Waals surface area contributed by atoms with Crippen LogP contribution in [0.2, 0.25) is 0 Å². The maximum Gasteiger partial charge on any atom is 0.228 e. The highest BCUT2D eigenvalue weighted by atomic mass is 19.1. The summed E-state index contributed by atoms with van der Waals surface area (Å²) in [6, 6.07) is 14.6. The quantitative estimate of drug-likeness (QED) is 0.312. The Labute approximate surface area is 228 Å². The minimum atomic E-state index is -0.680. The lowest BCUT2D eigenvalue weighted by atomic mass is 10.1. The van der Waals surface area contributed by atoms with Gasteiger partial charge < -0.3 is 24.8 Å². The molecule has 0 spiro atoms. The van der Waals surface area contributed by atoms with Gasteiger partial charge in [-0.3, -0.25) is 14.6 Å². The summed E-state index contributed by atoms with van der Waals surface area (Å²) in [5.74, 6) is -1.55. The number of fused-ring (bicyclic) bond motifs is 2. The smallest absolute Gasteiger partial charge is 0.228 e. The number of anilines is 2. The monoisotopic (exact) mass is 545 g/mol. The zero-order valence-electron chi connectivity index (χ0n) is 21.7. The SMILES string of the molecule is CC1(C)[C@H](C(=O)Nc2ccc(F)cc2)[C@@H]1C(=O)Nc1ccc(Oc2ccnc3cc4c(cc23)OCCO4)c(F)c1. The fraction of sp³-hybridized carbons (Fsp3) is 0.233. The summed E-state index contributed by atoms with van der Waals surface area (Å²) in [7, 11) is 0. The summed E-state index contributed by atoms with van der Waals surface area (Å²) in [6.07, 6.45) is 1.56. The van der Waals surface area contributed by atoms with Crippen molar-refractivity contribution in [1.82, 2.24) is 4.98 Å². The van der Waals surface area contributed by atoms with Crippen molar-refractivity contribution in [2.24, 2.45) is 17.3 Å². The molecule has 1 fully saturated rings. The summed E-state index contributed by atoms with van der Waals surface area (Å²) in [6.45, 7) is 4.51. The van der Waals surface area contributed by atoms with E-state index >= 15 is 4.39 Å². The van der Waals surface area contributed by atoms with E-state index in [0.717, 1.165) is 0 Å². The molecule has 4 aromatic rings. The van der Waals surface area contributed by atoms with Crippen molar-refractivity contribution >= 4 is 34.1 Å². The summed E-state index contributed by atoms with van der Waals surface area (Å²) < 4.78 is 45.4. The number of carbonyl (C=O) groups is 2. The first kappa shape index (κ1) is 25.5. The number of ether oxygens (including phenoxy) is 3. The van der Waals surface area contributed by atoms with E-state index in [0.29, 0.717) is 47.1 Å². The predicted molar refractivity (Wildman–Crippen MR) is 144 cm³/mol. The number of nitrogens with zero attached hydrogens (tertiary/aromatic N) is 1. The molecule has 0 radical (unpaired) electrons. The molecule has 0 unspecified atom stereocenters. The topological polar surface area (TPSA) is 98.8 Å². The molecule has 204 valence electrons. The molecule has 6 rings (SSSR count). The second-order valence-electron chi connectivity index (χ2n) is 10.3. The van der Waals surface area contributed by atoms with Gasteiger partial charge in [0.1, 0.15) is 24.8 Å². The maximum atomic E-state index is 15.1. The number of benzene rings is 3. The highest BCUT2D eigenvalue weighted by molar-refractivity contribution is 6.04. The first-order chi connectivity index (χ1) is 19.2. The standard InChI is InChI=1S/C30H25F2N3O5/c1-30(2)26(28(36)34-17-5-3-16(31)4-6-17)27(30)29(37)35-18-7-8-23(20(32)13-18)40-22-9-10-33-21-15-25-24(14-19(21)22)38-11-12-39-25/h3-10,13-15,26-27H,11-12H2,1-2H3,(H,34,36)(H,35,37)/t26-,27+/m0/s1. The molecule has 2 aliphatic rings. The van der Waals surface area contributed by atoms with Crippen LogP contribution < -0.4 is 24.8 Å². The molecule has 2 atom stereocenters. The average molecular weight is 546 g/mol. The fourth-order valence-corrected chi connectivity index (χ4v) is 5.12. The normalized spacial score (nSPS) is 18.6. The Kier molecular flexibility index (Phi) is 6.25. The maximum absolute atomic E-state index is 15.1. The number of aromatic nitrogens is 1. The second-order valence-corrected chi connectivity index (χ2v) is 10.3. The molecule has 1 aliphatic heterocycles. The molecule has 1 saturated carbocycles. The molecule has 2 N–H and O–H groups in total. The molecule has 2 heterocycles. The number of carbonyl (C=O) groups excluding carboxylic acids is 2. The van der Waals surface area contributed by atoms with Gasteiger partial charge in [-0.25, -0.2) is 8.78 Å². The number of amides is 2. The number of halogens is 2. The van der Waals surface area contributed by atoms with Gasteiger partial charge in [0.2, 0.25) is 11.8 Å². The summed E-state index contributed by atoms with van der Waals surface area (Å²) in [4.78, 5) is 30.2. The Hall–Kier alpha value is -4.73. The molecule has 1 aliphatic carbocycles. The van der Waals surface area contributed by atoms with Crippen molar-refractivity contribution in [3.05, 3.63) is 78.5 Å². The van der Waals surface area contributed by atoms with Gasteiger partial charge in [-0.1, -0.05) is 13.8 Å². The van der Waals surface area contributed by atoms with Gasteiger partial charge in [-0.2, -0.15) is 0 Å². The molecule has 40 heavy (non-hydrogen) atoms. The van der Waals surface area contributed by atoms with Gasteiger partial charge in [0.15, 0.2) is 23.1 Å². The zero-order chi connectivity index (χ0) is 28.0. The second kappa shape index (κ2) is 9.78. The van der Waals surface area contributed by atoms with Crippen molar-refractivity contribution in [2.45, 2.75) is 13.8 Å². The van der Waals surface area contributed by atoms with Crippen LogP contribution in [0.25, 0.3) is 10.9 Å². The van der Waals surface area contributed by atoms with Crippen LogP contribution in [-0.2, 0) is 9.59 Å². The van der Waals surface area contributed by atoms with E-state index in [1.54, 1.807) is 24.4 Å². The first-order valence-electron chi connectivity index (χ1n) is 12.7. The van der Waals surface area contributed by atoms with Crippen molar-refractivity contribution in [3.8, 4) is 23.0 Å². The molecule has 1 aromatic heterocycles. The Bertz CT molecular complexity index is 1640. The van der Waals surface area contributed by atoms with Crippen LogP contribution in [-0.4, -0.2) is 30.0 Å². The van der Waals surface area contributed by atoms with Gasteiger partial charge in [-0.05, 0) is 53.9 Å². The van der Waals surface area contributed by atoms with E-state index in [4.69, 9.17) is 14.2 Å². The molecule has 8 nitrogen and oxygen atoms in total. The van der Waals surface area contributed by atoms with Crippen LogP contribution in [0.15, 0.2) is 66.9 Å². The highest BCUT2D eigenvalue weighted by Crippen LogP contribution is 2.59. The van der Waals surface area contributed by atoms with Crippen molar-refractivity contribution in [1.29, 1.82) is 0 Å². The lowest BCUT2D eigenvalue weighted by Crippen LogP contribution is -2.20. The number of hydrogen-bond donors (Lipinski definition) is 2. The summed E-state index contributed by atoms with van der Waals surface area (Å²) >= 11 is 0. The third-order valence-electron chi connectivity index (χ3n) is 7.29. The van der Waals surface area contributed by atoms with Crippen LogP contribution in [0.1, 0.15) is 13.8 Å².